The number of benzene rings is 2. The molecule has 0 unspecified atom stereocenters. The Morgan fingerprint density at radius 2 is 2.03 bits per heavy atom. The lowest BCUT2D eigenvalue weighted by atomic mass is 10.00. The Labute approximate surface area is 175 Å². The van der Waals surface area contributed by atoms with Gasteiger partial charge in [-0.2, -0.15) is 0 Å². The van der Waals surface area contributed by atoms with Crippen LogP contribution < -0.4 is 10.2 Å². The van der Waals surface area contributed by atoms with Crippen LogP contribution >= 0.6 is 0 Å². The number of amides is 1. The number of nitrogens with zero attached hydrogens (tertiary/aromatic N) is 3. The average Bonchev–Trinajstić information content (AvgIpc) is 3.25. The van der Waals surface area contributed by atoms with E-state index in [1.807, 2.05) is 19.1 Å². The highest BCUT2D eigenvalue weighted by Gasteiger charge is 2.47. The summed E-state index contributed by atoms with van der Waals surface area (Å²) in [6, 6.07) is 9.82. The molecule has 1 aromatic heterocycles. The SMILES string of the molecule is Cc1ccc(N2CC(N(C)C)C2)cc1C(=O)NC1(c2ccc(F)c3[nH]cnc23)CC1. The van der Waals surface area contributed by atoms with Gasteiger partial charge in [-0.1, -0.05) is 12.1 Å². The van der Waals surface area contributed by atoms with Gasteiger partial charge in [-0.25, -0.2) is 9.37 Å². The maximum absolute atomic E-state index is 14.1. The zero-order chi connectivity index (χ0) is 21.0. The standard InChI is InChI=1S/C23H26FN5O/c1-14-4-5-15(29-11-16(12-29)28(2)3)10-17(14)22(30)27-23(8-9-23)18-6-7-19(24)21-20(18)25-13-26-21/h4-7,10,13,16H,8-9,11-12H2,1-3H3,(H,25,26)(H,27,30). The molecule has 1 aliphatic heterocycles. The summed E-state index contributed by atoms with van der Waals surface area (Å²) in [4.78, 5) is 24.9. The van der Waals surface area contributed by atoms with Crippen molar-refractivity contribution in [2.75, 3.05) is 32.1 Å². The van der Waals surface area contributed by atoms with Crippen molar-refractivity contribution in [3.05, 3.63) is 59.2 Å². The van der Waals surface area contributed by atoms with Gasteiger partial charge in [0, 0.05) is 35.9 Å². The van der Waals surface area contributed by atoms with Crippen LogP contribution in [0.3, 0.4) is 0 Å². The van der Waals surface area contributed by atoms with Crippen LogP contribution in [-0.4, -0.2) is 54.0 Å². The molecule has 7 heteroatoms. The van der Waals surface area contributed by atoms with Crippen LogP contribution in [0.1, 0.15) is 34.3 Å². The van der Waals surface area contributed by atoms with Crippen molar-refractivity contribution in [3.63, 3.8) is 0 Å². The van der Waals surface area contributed by atoms with Crippen LogP contribution in [0.5, 0.6) is 0 Å². The van der Waals surface area contributed by atoms with E-state index in [0.29, 0.717) is 22.6 Å². The van der Waals surface area contributed by atoms with Gasteiger partial charge in [-0.3, -0.25) is 4.79 Å². The lowest BCUT2D eigenvalue weighted by Gasteiger charge is -2.44. The molecule has 3 aromatic rings. The highest BCUT2D eigenvalue weighted by molar-refractivity contribution is 5.98. The Balaban J connectivity index is 1.40. The summed E-state index contributed by atoms with van der Waals surface area (Å²) >= 11 is 0. The van der Waals surface area contributed by atoms with Crippen LogP contribution in [-0.2, 0) is 5.54 Å². The van der Waals surface area contributed by atoms with Crippen molar-refractivity contribution < 1.29 is 9.18 Å². The number of imidazole rings is 1. The van der Waals surface area contributed by atoms with E-state index >= 15 is 0 Å². The second-order valence-electron chi connectivity index (χ2n) is 8.78. The van der Waals surface area contributed by atoms with E-state index in [1.165, 1.54) is 12.4 Å². The monoisotopic (exact) mass is 407 g/mol. The average molecular weight is 407 g/mol. The molecule has 156 valence electrons. The quantitative estimate of drug-likeness (QED) is 0.682. The van der Waals surface area contributed by atoms with E-state index in [2.05, 4.69) is 45.2 Å². The number of halogens is 1. The fourth-order valence-electron chi connectivity index (χ4n) is 4.30. The molecule has 0 radical (unpaired) electrons. The van der Waals surface area contributed by atoms with Crippen molar-refractivity contribution in [1.29, 1.82) is 0 Å². The highest BCUT2D eigenvalue weighted by atomic mass is 19.1. The summed E-state index contributed by atoms with van der Waals surface area (Å²) in [5.74, 6) is -0.424. The lowest BCUT2D eigenvalue weighted by Crippen LogP contribution is -2.57. The summed E-state index contributed by atoms with van der Waals surface area (Å²) in [7, 11) is 4.19. The molecule has 0 bridgehead atoms. The highest BCUT2D eigenvalue weighted by Crippen LogP contribution is 2.48. The number of hydrogen-bond donors (Lipinski definition) is 2. The van der Waals surface area contributed by atoms with Gasteiger partial charge in [0.1, 0.15) is 11.3 Å². The first-order valence-corrected chi connectivity index (χ1v) is 10.3. The van der Waals surface area contributed by atoms with Gasteiger partial charge in [0.2, 0.25) is 0 Å². The van der Waals surface area contributed by atoms with E-state index in [0.717, 1.165) is 42.7 Å². The first kappa shape index (κ1) is 19.1. The smallest absolute Gasteiger partial charge is 0.252 e. The lowest BCUT2D eigenvalue weighted by molar-refractivity contribution is 0.0930. The molecule has 1 aliphatic carbocycles. The number of H-pyrrole nitrogens is 1. The molecule has 0 atom stereocenters. The number of carbonyl (C=O) groups is 1. The summed E-state index contributed by atoms with van der Waals surface area (Å²) in [5, 5.41) is 3.23. The summed E-state index contributed by atoms with van der Waals surface area (Å²) in [5.41, 5.74) is 4.08. The van der Waals surface area contributed by atoms with Gasteiger partial charge in [-0.15, -0.1) is 0 Å². The largest absolute Gasteiger partial charge is 0.368 e. The summed E-state index contributed by atoms with van der Waals surface area (Å²) in [6.45, 7) is 3.89. The summed E-state index contributed by atoms with van der Waals surface area (Å²) in [6.07, 6.45) is 3.14. The number of hydrogen-bond acceptors (Lipinski definition) is 4. The number of anilines is 1. The summed E-state index contributed by atoms with van der Waals surface area (Å²) < 4.78 is 14.1. The minimum absolute atomic E-state index is 0.0930. The minimum atomic E-state index is -0.479. The molecule has 2 aromatic carbocycles. The van der Waals surface area contributed by atoms with Gasteiger partial charge in [0.05, 0.1) is 17.4 Å². The Morgan fingerprint density at radius 1 is 1.27 bits per heavy atom. The maximum atomic E-state index is 14.1. The Bertz CT molecular complexity index is 1130. The van der Waals surface area contributed by atoms with Crippen molar-refractivity contribution in [1.82, 2.24) is 20.2 Å². The molecule has 1 saturated heterocycles. The van der Waals surface area contributed by atoms with Crippen molar-refractivity contribution in [2.24, 2.45) is 0 Å². The number of nitrogens with one attached hydrogen (secondary N) is 2. The third kappa shape index (κ3) is 3.04. The van der Waals surface area contributed by atoms with Gasteiger partial charge in [0.15, 0.2) is 0 Å². The molecule has 5 rings (SSSR count). The number of likely N-dealkylation sites (N-methyl/N-ethyl adjacent to an activating group) is 1. The van der Waals surface area contributed by atoms with Crippen LogP contribution in [0.2, 0.25) is 0 Å². The third-order valence-electron chi connectivity index (χ3n) is 6.57. The van der Waals surface area contributed by atoms with E-state index < -0.39 is 5.54 Å². The van der Waals surface area contributed by atoms with E-state index in [-0.39, 0.29) is 11.7 Å². The van der Waals surface area contributed by atoms with Crippen LogP contribution in [0, 0.1) is 12.7 Å². The maximum Gasteiger partial charge on any atom is 0.252 e. The Kier molecular flexibility index (Phi) is 4.32. The van der Waals surface area contributed by atoms with Crippen LogP contribution in [0.15, 0.2) is 36.7 Å². The molecular weight excluding hydrogens is 381 g/mol. The molecule has 2 heterocycles. The van der Waals surface area contributed by atoms with Gasteiger partial charge >= 0.3 is 0 Å². The Hall–Kier alpha value is -2.93. The first-order valence-electron chi connectivity index (χ1n) is 10.3. The molecule has 2 fully saturated rings. The normalized spacial score (nSPS) is 18.0. The third-order valence-corrected chi connectivity index (χ3v) is 6.57. The molecular formula is C23H26FN5O. The number of aryl methyl sites for hydroxylation is 1. The molecule has 2 aliphatic rings. The number of aromatic amines is 1. The van der Waals surface area contributed by atoms with Crippen molar-refractivity contribution in [2.45, 2.75) is 31.3 Å². The number of carbonyl (C=O) groups excluding carboxylic acids is 1. The zero-order valence-corrected chi connectivity index (χ0v) is 17.5. The molecule has 1 saturated carbocycles. The van der Waals surface area contributed by atoms with Crippen LogP contribution in [0.25, 0.3) is 11.0 Å². The second kappa shape index (κ2) is 6.80. The number of rotatable bonds is 5. The minimum Gasteiger partial charge on any atom is -0.368 e. The van der Waals surface area contributed by atoms with Crippen molar-refractivity contribution >= 4 is 22.6 Å². The van der Waals surface area contributed by atoms with Gasteiger partial charge in [-0.05, 0) is 57.6 Å². The van der Waals surface area contributed by atoms with Gasteiger partial charge < -0.3 is 20.1 Å². The van der Waals surface area contributed by atoms with E-state index in [1.54, 1.807) is 6.07 Å². The zero-order valence-electron chi connectivity index (χ0n) is 17.5. The number of aromatic nitrogens is 2. The van der Waals surface area contributed by atoms with E-state index in [4.69, 9.17) is 0 Å². The molecule has 2 N–H and O–H groups in total. The first-order chi connectivity index (χ1) is 14.4. The van der Waals surface area contributed by atoms with E-state index in [9.17, 15) is 9.18 Å². The fraction of sp³-hybridized carbons (Fsp3) is 0.391. The predicted octanol–water partition coefficient (Wildman–Crippen LogP) is 3.18. The van der Waals surface area contributed by atoms with Gasteiger partial charge in [0.25, 0.3) is 5.91 Å². The molecule has 1 amide bonds. The fourth-order valence-corrected chi connectivity index (χ4v) is 4.30. The van der Waals surface area contributed by atoms with Crippen LogP contribution in [0.4, 0.5) is 10.1 Å². The Morgan fingerprint density at radius 3 is 2.73 bits per heavy atom. The topological polar surface area (TPSA) is 64.3 Å². The molecule has 6 nitrogen and oxygen atoms in total. The molecule has 0 spiro atoms. The number of fused-ring (bicyclic) bond motifs is 1. The molecule has 30 heavy (non-hydrogen) atoms. The second-order valence-corrected chi connectivity index (χ2v) is 8.78. The van der Waals surface area contributed by atoms with Crippen molar-refractivity contribution in [3.8, 4) is 0 Å². The predicted molar refractivity (Wildman–Crippen MR) is 115 cm³/mol.